The van der Waals surface area contributed by atoms with Gasteiger partial charge >= 0.3 is 6.18 Å². The minimum absolute atomic E-state index is 0.148. The van der Waals surface area contributed by atoms with Gasteiger partial charge < -0.3 is 0 Å². The zero-order valence-corrected chi connectivity index (χ0v) is 10.8. The molecule has 1 aromatic carbocycles. The van der Waals surface area contributed by atoms with Crippen molar-refractivity contribution in [2.24, 2.45) is 0 Å². The van der Waals surface area contributed by atoms with Gasteiger partial charge in [0.25, 0.3) is 0 Å². The van der Waals surface area contributed by atoms with Crippen molar-refractivity contribution < 1.29 is 21.6 Å². The van der Waals surface area contributed by atoms with Crippen molar-refractivity contribution >= 4 is 10.0 Å². The molecule has 0 bridgehead atoms. The third kappa shape index (κ3) is 3.99. The van der Waals surface area contributed by atoms with Crippen LogP contribution in [0.25, 0.3) is 0 Å². The maximum absolute atomic E-state index is 12.4. The Balaban J connectivity index is 2.82. The van der Waals surface area contributed by atoms with E-state index in [4.69, 9.17) is 0 Å². The van der Waals surface area contributed by atoms with Gasteiger partial charge in [0.15, 0.2) is 0 Å². The zero-order valence-electron chi connectivity index (χ0n) is 9.95. The van der Waals surface area contributed by atoms with E-state index < -0.39 is 27.0 Å². The maximum atomic E-state index is 12.4. The summed E-state index contributed by atoms with van der Waals surface area (Å²) in [7, 11) is -3.48. The molecule has 0 heterocycles. The smallest absolute Gasteiger partial charge is 0.212 e. The van der Waals surface area contributed by atoms with Crippen molar-refractivity contribution in [1.29, 1.82) is 0 Å². The molecule has 0 radical (unpaired) electrons. The predicted molar refractivity (Wildman–Crippen MR) is 62.3 cm³/mol. The van der Waals surface area contributed by atoms with Crippen molar-refractivity contribution in [1.82, 2.24) is 4.72 Å². The zero-order chi connectivity index (χ0) is 14.0. The van der Waals surface area contributed by atoms with Gasteiger partial charge in [-0.1, -0.05) is 18.2 Å². The lowest BCUT2D eigenvalue weighted by Crippen LogP contribution is -2.30. The lowest BCUT2D eigenvalue weighted by atomic mass is 10.1. The van der Waals surface area contributed by atoms with Crippen molar-refractivity contribution in [3.05, 3.63) is 35.4 Å². The van der Waals surface area contributed by atoms with Gasteiger partial charge in [-0.3, -0.25) is 0 Å². The van der Waals surface area contributed by atoms with E-state index in [0.717, 1.165) is 12.1 Å². The molecule has 0 unspecified atom stereocenters. The molecule has 1 N–H and O–H groups in total. The van der Waals surface area contributed by atoms with Crippen molar-refractivity contribution in [2.75, 3.05) is 0 Å². The van der Waals surface area contributed by atoms with Gasteiger partial charge in [-0.05, 0) is 25.5 Å². The van der Waals surface area contributed by atoms with Crippen LogP contribution < -0.4 is 4.72 Å². The molecule has 0 aromatic heterocycles. The molecular formula is C11H14F3NO2S. The summed E-state index contributed by atoms with van der Waals surface area (Å²) in [5, 5.41) is -0.622. The number of hydrogen-bond acceptors (Lipinski definition) is 2. The number of nitrogens with one attached hydrogen (secondary N) is 1. The van der Waals surface area contributed by atoms with Gasteiger partial charge in [0.2, 0.25) is 10.0 Å². The first-order chi connectivity index (χ1) is 8.13. The van der Waals surface area contributed by atoms with E-state index in [1.807, 2.05) is 0 Å². The third-order valence-electron chi connectivity index (χ3n) is 2.35. The fourth-order valence-electron chi connectivity index (χ4n) is 1.21. The molecule has 0 aliphatic rings. The molecular weight excluding hydrogens is 267 g/mol. The summed E-state index contributed by atoms with van der Waals surface area (Å²) in [4.78, 5) is 0. The number of hydrogen-bond donors (Lipinski definition) is 1. The van der Waals surface area contributed by atoms with Crippen molar-refractivity contribution in [3.8, 4) is 0 Å². The van der Waals surface area contributed by atoms with Crippen molar-refractivity contribution in [2.45, 2.75) is 31.8 Å². The standard InChI is InChI=1S/C11H14F3NO2S/c1-8(2)18(16,17)15-7-9-4-3-5-10(6-9)11(12,13)14/h3-6,8,15H,7H2,1-2H3. The first-order valence-corrected chi connectivity index (χ1v) is 6.82. The molecule has 18 heavy (non-hydrogen) atoms. The Morgan fingerprint density at radius 2 is 1.89 bits per heavy atom. The van der Waals surface area contributed by atoms with Crippen LogP contribution in [0.1, 0.15) is 25.0 Å². The monoisotopic (exact) mass is 281 g/mol. The Morgan fingerprint density at radius 1 is 1.28 bits per heavy atom. The Labute approximate surface area is 104 Å². The molecule has 0 saturated carbocycles. The van der Waals surface area contributed by atoms with Crippen LogP contribution in [0.3, 0.4) is 0 Å². The lowest BCUT2D eigenvalue weighted by Gasteiger charge is -2.11. The fraction of sp³-hybridized carbons (Fsp3) is 0.455. The van der Waals surface area contributed by atoms with Crippen molar-refractivity contribution in [3.63, 3.8) is 0 Å². The van der Waals surface area contributed by atoms with Crippen LogP contribution in [0.5, 0.6) is 0 Å². The molecule has 0 spiro atoms. The maximum Gasteiger partial charge on any atom is 0.416 e. The van der Waals surface area contributed by atoms with Gasteiger partial charge in [-0.25, -0.2) is 13.1 Å². The number of rotatable bonds is 4. The normalized spacial score (nSPS) is 13.0. The average molecular weight is 281 g/mol. The first-order valence-electron chi connectivity index (χ1n) is 5.27. The van der Waals surface area contributed by atoms with E-state index in [9.17, 15) is 21.6 Å². The molecule has 7 heteroatoms. The second kappa shape index (κ2) is 5.27. The van der Waals surface area contributed by atoms with E-state index in [1.54, 1.807) is 0 Å². The first kappa shape index (κ1) is 15.0. The molecule has 1 aromatic rings. The largest absolute Gasteiger partial charge is 0.416 e. The van der Waals surface area contributed by atoms with Gasteiger partial charge in [-0.2, -0.15) is 13.2 Å². The van der Waals surface area contributed by atoms with Gasteiger partial charge in [0.1, 0.15) is 0 Å². The number of sulfonamides is 1. The molecule has 0 saturated heterocycles. The second-order valence-corrected chi connectivity index (χ2v) is 6.43. The average Bonchev–Trinajstić information content (AvgIpc) is 2.25. The van der Waals surface area contributed by atoms with E-state index in [0.29, 0.717) is 0 Å². The fourth-order valence-corrected chi connectivity index (χ4v) is 1.91. The molecule has 0 amide bonds. The van der Waals surface area contributed by atoms with Gasteiger partial charge in [-0.15, -0.1) is 0 Å². The SMILES string of the molecule is CC(C)S(=O)(=O)NCc1cccc(C(F)(F)F)c1. The van der Waals surface area contributed by atoms with Gasteiger partial charge in [0.05, 0.1) is 10.8 Å². The summed E-state index contributed by atoms with van der Waals surface area (Å²) in [6, 6.07) is 4.57. The minimum Gasteiger partial charge on any atom is -0.212 e. The summed E-state index contributed by atoms with van der Waals surface area (Å²) >= 11 is 0. The molecule has 0 fully saturated rings. The number of halogens is 3. The predicted octanol–water partition coefficient (Wildman–Crippen LogP) is 2.53. The Bertz CT molecular complexity index is 509. The Hall–Kier alpha value is -1.08. The highest BCUT2D eigenvalue weighted by atomic mass is 32.2. The molecule has 0 aliphatic carbocycles. The van der Waals surface area contributed by atoms with Crippen LogP contribution in [0.2, 0.25) is 0 Å². The lowest BCUT2D eigenvalue weighted by molar-refractivity contribution is -0.137. The van der Waals surface area contributed by atoms with E-state index >= 15 is 0 Å². The summed E-state index contributed by atoms with van der Waals surface area (Å²) < 4.78 is 62.5. The summed E-state index contributed by atoms with van der Waals surface area (Å²) in [5.41, 5.74) is -0.516. The number of benzene rings is 1. The van der Waals surface area contributed by atoms with Crippen LogP contribution >= 0.6 is 0 Å². The number of alkyl halides is 3. The van der Waals surface area contributed by atoms with Gasteiger partial charge in [0, 0.05) is 6.54 Å². The van der Waals surface area contributed by atoms with Crippen LogP contribution in [0.15, 0.2) is 24.3 Å². The Kier molecular flexibility index (Phi) is 4.39. The van der Waals surface area contributed by atoms with Crippen LogP contribution in [-0.4, -0.2) is 13.7 Å². The molecule has 3 nitrogen and oxygen atoms in total. The minimum atomic E-state index is -4.42. The summed E-state index contributed by atoms with van der Waals surface area (Å²) in [6.45, 7) is 2.84. The highest BCUT2D eigenvalue weighted by molar-refractivity contribution is 7.90. The van der Waals surface area contributed by atoms with E-state index in [-0.39, 0.29) is 12.1 Å². The summed E-state index contributed by atoms with van der Waals surface area (Å²) in [6.07, 6.45) is -4.42. The topological polar surface area (TPSA) is 46.2 Å². The summed E-state index contributed by atoms with van der Waals surface area (Å²) in [5.74, 6) is 0. The molecule has 0 aliphatic heterocycles. The second-order valence-electron chi connectivity index (χ2n) is 4.11. The molecule has 102 valence electrons. The molecule has 0 atom stereocenters. The van der Waals surface area contributed by atoms with Crippen LogP contribution in [0, 0.1) is 0 Å². The molecule has 1 rings (SSSR count). The van der Waals surface area contributed by atoms with E-state index in [1.165, 1.54) is 26.0 Å². The Morgan fingerprint density at radius 3 is 2.39 bits per heavy atom. The van der Waals surface area contributed by atoms with Crippen LogP contribution in [-0.2, 0) is 22.7 Å². The van der Waals surface area contributed by atoms with Crippen LogP contribution in [0.4, 0.5) is 13.2 Å². The highest BCUT2D eigenvalue weighted by Gasteiger charge is 2.30. The highest BCUT2D eigenvalue weighted by Crippen LogP contribution is 2.29. The van der Waals surface area contributed by atoms with E-state index in [2.05, 4.69) is 4.72 Å². The quantitative estimate of drug-likeness (QED) is 0.922. The third-order valence-corrected chi connectivity index (χ3v) is 4.14.